The van der Waals surface area contributed by atoms with Gasteiger partial charge in [-0.05, 0) is 66.9 Å². The lowest BCUT2D eigenvalue weighted by Gasteiger charge is -2.16. The summed E-state index contributed by atoms with van der Waals surface area (Å²) in [6.07, 6.45) is 1.84. The number of halogens is 1. The fourth-order valence-corrected chi connectivity index (χ4v) is 2.64. The highest BCUT2D eigenvalue weighted by molar-refractivity contribution is 7.80. The first-order chi connectivity index (χ1) is 12.1. The van der Waals surface area contributed by atoms with Crippen LogP contribution in [-0.4, -0.2) is 18.3 Å². The summed E-state index contributed by atoms with van der Waals surface area (Å²) in [5.74, 6) is 0.878. The van der Waals surface area contributed by atoms with Crippen LogP contribution in [0.3, 0.4) is 0 Å². The van der Waals surface area contributed by atoms with Gasteiger partial charge in [-0.1, -0.05) is 32.0 Å². The first kappa shape index (κ1) is 19.2. The van der Waals surface area contributed by atoms with Crippen LogP contribution in [-0.2, 0) is 0 Å². The lowest BCUT2D eigenvalue weighted by molar-refractivity contribution is 0.306. The van der Waals surface area contributed by atoms with Crippen LogP contribution in [0, 0.1) is 5.82 Å². The smallest absolute Gasteiger partial charge is 0.170 e. The molecule has 0 spiro atoms. The Kier molecular flexibility index (Phi) is 7.67. The molecule has 134 valence electrons. The van der Waals surface area contributed by atoms with Crippen LogP contribution < -0.4 is 15.4 Å². The summed E-state index contributed by atoms with van der Waals surface area (Å²) in [5, 5.41) is 7.12. The van der Waals surface area contributed by atoms with E-state index in [9.17, 15) is 4.39 Å². The van der Waals surface area contributed by atoms with Crippen molar-refractivity contribution in [2.45, 2.75) is 32.6 Å². The quantitative estimate of drug-likeness (QED) is 0.507. The number of rotatable bonds is 8. The number of hydrogen-bond acceptors (Lipinski definition) is 2. The molecule has 0 bridgehead atoms. The van der Waals surface area contributed by atoms with Crippen molar-refractivity contribution in [3.63, 3.8) is 0 Å². The lowest BCUT2D eigenvalue weighted by atomic mass is 10.0. The summed E-state index contributed by atoms with van der Waals surface area (Å²) < 4.78 is 18.4. The molecule has 0 unspecified atom stereocenters. The maximum Gasteiger partial charge on any atom is 0.170 e. The van der Waals surface area contributed by atoms with E-state index in [1.54, 1.807) is 12.1 Å². The average molecular weight is 360 g/mol. The number of thiocarbonyl (C=S) groups is 1. The minimum atomic E-state index is -0.253. The van der Waals surface area contributed by atoms with Gasteiger partial charge in [-0.15, -0.1) is 0 Å². The Balaban J connectivity index is 1.63. The molecule has 2 N–H and O–H groups in total. The third-order valence-corrected chi connectivity index (χ3v) is 4.02. The van der Waals surface area contributed by atoms with Crippen molar-refractivity contribution in [2.75, 3.05) is 18.5 Å². The summed E-state index contributed by atoms with van der Waals surface area (Å²) in [5.41, 5.74) is 2.30. The van der Waals surface area contributed by atoms with Crippen molar-refractivity contribution >= 4 is 23.0 Å². The maximum atomic E-state index is 12.8. The minimum Gasteiger partial charge on any atom is -0.494 e. The molecular formula is C20H25FN2OS. The van der Waals surface area contributed by atoms with Gasteiger partial charge in [0.1, 0.15) is 11.6 Å². The van der Waals surface area contributed by atoms with E-state index < -0.39 is 0 Å². The standard InChI is InChI=1S/C20H25FN2OS/c1-15(2)18-7-3-4-8-19(18)23-20(25)22-13-5-6-14-24-17-11-9-16(21)10-12-17/h3-4,7-12,15H,5-6,13-14H2,1-2H3,(H2,22,23,25). The maximum absolute atomic E-state index is 12.8. The van der Waals surface area contributed by atoms with Crippen molar-refractivity contribution in [1.29, 1.82) is 0 Å². The highest BCUT2D eigenvalue weighted by atomic mass is 32.1. The molecule has 3 nitrogen and oxygen atoms in total. The van der Waals surface area contributed by atoms with Gasteiger partial charge in [0, 0.05) is 12.2 Å². The highest BCUT2D eigenvalue weighted by Gasteiger charge is 2.06. The Morgan fingerprint density at radius 2 is 1.80 bits per heavy atom. The number of nitrogens with one attached hydrogen (secondary N) is 2. The van der Waals surface area contributed by atoms with Crippen LogP contribution in [0.1, 0.15) is 38.2 Å². The SMILES string of the molecule is CC(C)c1ccccc1NC(=S)NCCCCOc1ccc(F)cc1. The topological polar surface area (TPSA) is 33.3 Å². The zero-order valence-corrected chi connectivity index (χ0v) is 15.5. The van der Waals surface area contributed by atoms with E-state index in [0.29, 0.717) is 23.4 Å². The Hall–Kier alpha value is -2.14. The Bertz CT molecular complexity index is 674. The van der Waals surface area contributed by atoms with E-state index in [1.165, 1.54) is 17.7 Å². The third-order valence-electron chi connectivity index (χ3n) is 3.77. The molecule has 25 heavy (non-hydrogen) atoms. The normalized spacial score (nSPS) is 10.6. The Labute approximate surface area is 154 Å². The monoisotopic (exact) mass is 360 g/mol. The van der Waals surface area contributed by atoms with Crippen LogP contribution in [0.5, 0.6) is 5.75 Å². The summed E-state index contributed by atoms with van der Waals surface area (Å²) >= 11 is 5.36. The lowest BCUT2D eigenvalue weighted by Crippen LogP contribution is -2.29. The van der Waals surface area contributed by atoms with Crippen LogP contribution in [0.25, 0.3) is 0 Å². The van der Waals surface area contributed by atoms with Crippen LogP contribution in [0.15, 0.2) is 48.5 Å². The average Bonchev–Trinajstić information content (AvgIpc) is 2.60. The van der Waals surface area contributed by atoms with Gasteiger partial charge in [-0.3, -0.25) is 0 Å². The number of para-hydroxylation sites is 1. The number of benzene rings is 2. The summed E-state index contributed by atoms with van der Waals surface area (Å²) in [4.78, 5) is 0. The van der Waals surface area contributed by atoms with Gasteiger partial charge in [0.05, 0.1) is 6.61 Å². The zero-order chi connectivity index (χ0) is 18.1. The van der Waals surface area contributed by atoms with Gasteiger partial charge in [-0.25, -0.2) is 4.39 Å². The molecule has 0 heterocycles. The van der Waals surface area contributed by atoms with Gasteiger partial charge in [0.25, 0.3) is 0 Å². The summed E-state index contributed by atoms with van der Waals surface area (Å²) in [6.45, 7) is 5.71. The van der Waals surface area contributed by atoms with Crippen molar-refractivity contribution in [1.82, 2.24) is 5.32 Å². The molecule has 2 aromatic carbocycles. The second kappa shape index (κ2) is 9.99. The predicted molar refractivity (Wildman–Crippen MR) is 106 cm³/mol. The van der Waals surface area contributed by atoms with Crippen LogP contribution >= 0.6 is 12.2 Å². The van der Waals surface area contributed by atoms with E-state index in [4.69, 9.17) is 17.0 Å². The number of unbranched alkanes of at least 4 members (excludes halogenated alkanes) is 1. The van der Waals surface area contributed by atoms with Crippen LogP contribution in [0.2, 0.25) is 0 Å². The summed E-state index contributed by atoms with van der Waals surface area (Å²) in [6, 6.07) is 14.3. The van der Waals surface area contributed by atoms with E-state index in [-0.39, 0.29) is 5.82 Å². The first-order valence-corrected chi connectivity index (χ1v) is 8.99. The molecule has 0 amide bonds. The number of anilines is 1. The molecule has 2 aromatic rings. The molecule has 0 fully saturated rings. The molecule has 0 saturated heterocycles. The number of hydrogen-bond donors (Lipinski definition) is 2. The van der Waals surface area contributed by atoms with Crippen LogP contribution in [0.4, 0.5) is 10.1 Å². The molecule has 0 aliphatic rings. The number of ether oxygens (including phenoxy) is 1. The van der Waals surface area contributed by atoms with Gasteiger partial charge >= 0.3 is 0 Å². The summed E-state index contributed by atoms with van der Waals surface area (Å²) in [7, 11) is 0. The third kappa shape index (κ3) is 6.70. The van der Waals surface area contributed by atoms with Crippen molar-refractivity contribution < 1.29 is 9.13 Å². The zero-order valence-electron chi connectivity index (χ0n) is 14.7. The molecular weight excluding hydrogens is 335 g/mol. The van der Waals surface area contributed by atoms with E-state index in [2.05, 4.69) is 30.5 Å². The second-order valence-corrected chi connectivity index (χ2v) is 6.54. The minimum absolute atomic E-state index is 0.253. The highest BCUT2D eigenvalue weighted by Crippen LogP contribution is 2.23. The van der Waals surface area contributed by atoms with Gasteiger partial charge in [-0.2, -0.15) is 0 Å². The molecule has 0 aliphatic heterocycles. The largest absolute Gasteiger partial charge is 0.494 e. The van der Waals surface area contributed by atoms with Crippen molar-refractivity contribution in [3.05, 3.63) is 59.9 Å². The Morgan fingerprint density at radius 3 is 2.52 bits per heavy atom. The van der Waals surface area contributed by atoms with Gasteiger partial charge < -0.3 is 15.4 Å². The molecule has 0 saturated carbocycles. The Morgan fingerprint density at radius 1 is 1.08 bits per heavy atom. The molecule has 0 aromatic heterocycles. The first-order valence-electron chi connectivity index (χ1n) is 8.58. The van der Waals surface area contributed by atoms with Crippen molar-refractivity contribution in [2.24, 2.45) is 0 Å². The molecule has 0 aliphatic carbocycles. The predicted octanol–water partition coefficient (Wildman–Crippen LogP) is 5.09. The van der Waals surface area contributed by atoms with E-state index in [1.807, 2.05) is 18.2 Å². The second-order valence-electron chi connectivity index (χ2n) is 6.13. The molecule has 0 atom stereocenters. The fourth-order valence-electron chi connectivity index (χ4n) is 2.43. The molecule has 5 heteroatoms. The molecule has 0 radical (unpaired) electrons. The fraction of sp³-hybridized carbons (Fsp3) is 0.350. The van der Waals surface area contributed by atoms with Crippen molar-refractivity contribution in [3.8, 4) is 5.75 Å². The molecule has 2 rings (SSSR count). The van der Waals surface area contributed by atoms with Gasteiger partial charge in [0.2, 0.25) is 0 Å². The van der Waals surface area contributed by atoms with E-state index in [0.717, 1.165) is 25.1 Å². The van der Waals surface area contributed by atoms with Gasteiger partial charge in [0.15, 0.2) is 5.11 Å². The van der Waals surface area contributed by atoms with E-state index >= 15 is 0 Å².